The fourth-order valence-corrected chi connectivity index (χ4v) is 6.37. The summed E-state index contributed by atoms with van der Waals surface area (Å²) in [6, 6.07) is 14.3. The van der Waals surface area contributed by atoms with Gasteiger partial charge in [0.05, 0.1) is 39.6 Å². The Hall–Kier alpha value is -5.49. The molecule has 0 spiro atoms. The van der Waals surface area contributed by atoms with E-state index in [-0.39, 0.29) is 66.3 Å². The fourth-order valence-electron chi connectivity index (χ4n) is 6.24. The molecule has 0 bridgehead atoms. The molecular formula is C61H103ClN5NaO17. The van der Waals surface area contributed by atoms with Gasteiger partial charge in [0.15, 0.2) is 0 Å². The Kier molecular flexibility index (Phi) is 43.9. The summed E-state index contributed by atoms with van der Waals surface area (Å²) in [6.45, 7) is 27.7. The molecule has 11 N–H and O–H groups in total. The number of phenols is 3. The van der Waals surface area contributed by atoms with Crippen molar-refractivity contribution in [1.82, 2.24) is 10.6 Å². The normalized spacial score (nSPS) is 11.0. The molecule has 0 heterocycles. The molecule has 482 valence electrons. The second-order valence-electron chi connectivity index (χ2n) is 22.8. The Morgan fingerprint density at radius 3 is 0.894 bits per heavy atom. The van der Waals surface area contributed by atoms with Crippen molar-refractivity contribution in [3.05, 3.63) is 54.6 Å². The minimum Gasteiger partial charge on any atom is -1.00 e. The second-order valence-corrected chi connectivity index (χ2v) is 23.2. The standard InChI is InChI=1S/C32H53NO9.C15H27N3O3.C8H16ClNO2.C6H6O3.Na.H/c1-30(2,3)40-27(34)15-10-12-18-37-24-21-25(38-19-13-11-16-28(35)41-31(4,5)6)23-26(22-24)39-20-14-17-33-29(36)42-32(7,8)9;16-4-1-7-19-13-10-14(20-8-2-5-17)12-15(11-13)21-9-3-6-18;1-8(2,3)12-7(11)10-6-4-5-9;7-4-1-5(8)3-6(9)2-4;;/h21-23H,10-20H2,1-9H3,(H,33,36);10-12H,1-9,16-18H2;4-6H2,1-3H3,(H,10,11);1-3,7-9H;;/q;;;;+1;-1. The summed E-state index contributed by atoms with van der Waals surface area (Å²) in [6.07, 6.45) is 6.25. The third-order valence-corrected chi connectivity index (χ3v) is 9.88. The average molecular weight is 1240 g/mol. The van der Waals surface area contributed by atoms with Crippen molar-refractivity contribution in [3.8, 4) is 51.7 Å². The maximum Gasteiger partial charge on any atom is 1.00 e. The minimum atomic E-state index is -0.553. The molecule has 3 aromatic carbocycles. The van der Waals surface area contributed by atoms with Gasteiger partial charge in [-0.3, -0.25) is 9.59 Å². The SMILES string of the molecule is CC(C)(C)OC(=O)CCCCOc1cc(OCCCCC(=O)OC(C)(C)C)cc(OCCCNC(=O)OC(C)(C)C)c1.CC(C)(C)OC(=O)NCCCCl.NCCCOc1cc(OCCCN)cc(OCCCN)c1.Oc1cc(O)cc(O)c1.[H-].[Na+]. The number of rotatable bonds is 32. The second kappa shape index (κ2) is 45.8. The van der Waals surface area contributed by atoms with Crippen molar-refractivity contribution < 1.29 is 113 Å². The Morgan fingerprint density at radius 2 is 0.647 bits per heavy atom. The number of phenolic OH excluding ortho intramolecular Hbond substituents is 3. The van der Waals surface area contributed by atoms with Gasteiger partial charge in [-0.05, 0) is 161 Å². The fraction of sp³-hybridized carbons (Fsp3) is 0.639. The maximum absolute atomic E-state index is 11.9. The first-order chi connectivity index (χ1) is 39.3. The molecule has 0 aromatic heterocycles. The zero-order valence-electron chi connectivity index (χ0n) is 54.1. The van der Waals surface area contributed by atoms with Crippen LogP contribution in [0.2, 0.25) is 0 Å². The summed E-state index contributed by atoms with van der Waals surface area (Å²) in [5.41, 5.74) is 14.4. The summed E-state index contributed by atoms with van der Waals surface area (Å²) in [5.74, 6) is 3.57. The molecule has 0 saturated heterocycles. The van der Waals surface area contributed by atoms with Crippen LogP contribution < -0.4 is 85.8 Å². The number of esters is 2. The summed E-state index contributed by atoms with van der Waals surface area (Å²) >= 11 is 5.43. The molecule has 0 aliphatic carbocycles. The van der Waals surface area contributed by atoms with Crippen LogP contribution in [0.4, 0.5) is 9.59 Å². The van der Waals surface area contributed by atoms with E-state index in [1.54, 1.807) is 18.2 Å². The number of amides is 2. The van der Waals surface area contributed by atoms with Crippen LogP contribution in [-0.4, -0.2) is 140 Å². The Bertz CT molecular complexity index is 2040. The number of carbonyl (C=O) groups is 4. The van der Waals surface area contributed by atoms with E-state index in [2.05, 4.69) is 10.6 Å². The van der Waals surface area contributed by atoms with Crippen molar-refractivity contribution in [2.45, 2.75) is 176 Å². The summed E-state index contributed by atoms with van der Waals surface area (Å²) in [4.78, 5) is 46.6. The van der Waals surface area contributed by atoms with Crippen LogP contribution >= 0.6 is 11.6 Å². The molecule has 0 saturated carbocycles. The number of halogens is 1. The number of hydrogen-bond donors (Lipinski definition) is 8. The molecular weight excluding hydrogens is 1130 g/mol. The molecule has 0 aliphatic rings. The number of hydrogen-bond acceptors (Lipinski definition) is 20. The van der Waals surface area contributed by atoms with Crippen molar-refractivity contribution in [1.29, 1.82) is 0 Å². The average Bonchev–Trinajstić information content (AvgIpc) is 3.58. The van der Waals surface area contributed by atoms with Gasteiger partial charge in [0.25, 0.3) is 0 Å². The van der Waals surface area contributed by atoms with E-state index < -0.39 is 28.5 Å². The molecule has 22 nitrogen and oxygen atoms in total. The Morgan fingerprint density at radius 1 is 0.400 bits per heavy atom. The van der Waals surface area contributed by atoms with Gasteiger partial charge in [0, 0.05) is 86.4 Å². The van der Waals surface area contributed by atoms with Crippen molar-refractivity contribution >= 4 is 35.7 Å². The number of nitrogens with one attached hydrogen (secondary N) is 2. The van der Waals surface area contributed by atoms with Crippen molar-refractivity contribution in [2.75, 3.05) is 78.2 Å². The largest absolute Gasteiger partial charge is 1.00 e. The van der Waals surface area contributed by atoms with Gasteiger partial charge in [-0.15, -0.1) is 11.6 Å². The first kappa shape index (κ1) is 81.6. The van der Waals surface area contributed by atoms with Crippen molar-refractivity contribution in [3.63, 3.8) is 0 Å². The third-order valence-electron chi connectivity index (χ3n) is 9.61. The van der Waals surface area contributed by atoms with E-state index in [9.17, 15) is 19.2 Å². The van der Waals surface area contributed by atoms with E-state index >= 15 is 0 Å². The Balaban J connectivity index is -0.00000128. The quantitative estimate of drug-likeness (QED) is 0.00976. The number of carbonyl (C=O) groups excluding carboxylic acids is 4. The summed E-state index contributed by atoms with van der Waals surface area (Å²) in [7, 11) is 0. The number of alkyl carbamates (subject to hydrolysis) is 2. The number of aromatic hydroxyl groups is 3. The first-order valence-corrected chi connectivity index (χ1v) is 29.2. The summed E-state index contributed by atoms with van der Waals surface area (Å²) < 4.78 is 55.6. The molecule has 3 aromatic rings. The Labute approximate surface area is 534 Å². The predicted octanol–water partition coefficient (Wildman–Crippen LogP) is 7.69. The van der Waals surface area contributed by atoms with E-state index in [0.717, 1.165) is 61.1 Å². The number of unbranched alkanes of at least 4 members (excludes halogenated alkanes) is 2. The molecule has 0 unspecified atom stereocenters. The van der Waals surface area contributed by atoms with Gasteiger partial charge < -0.3 is 91.9 Å². The molecule has 24 heteroatoms. The molecule has 0 radical (unpaired) electrons. The summed E-state index contributed by atoms with van der Waals surface area (Å²) in [5, 5.41) is 31.3. The zero-order valence-corrected chi connectivity index (χ0v) is 55.9. The van der Waals surface area contributed by atoms with Crippen LogP contribution in [0.3, 0.4) is 0 Å². The molecule has 2 amide bonds. The van der Waals surface area contributed by atoms with E-state index in [1.165, 1.54) is 0 Å². The molecule has 0 aliphatic heterocycles. The predicted molar refractivity (Wildman–Crippen MR) is 327 cm³/mol. The molecule has 85 heavy (non-hydrogen) atoms. The van der Waals surface area contributed by atoms with Crippen LogP contribution in [0, 0.1) is 0 Å². The third kappa shape index (κ3) is 51.5. The van der Waals surface area contributed by atoms with Gasteiger partial charge in [0.2, 0.25) is 0 Å². The van der Waals surface area contributed by atoms with Gasteiger partial charge >= 0.3 is 53.7 Å². The van der Waals surface area contributed by atoms with Gasteiger partial charge in [-0.2, -0.15) is 0 Å². The van der Waals surface area contributed by atoms with Gasteiger partial charge in [-0.1, -0.05) is 0 Å². The number of alkyl halides is 1. The van der Waals surface area contributed by atoms with Crippen molar-refractivity contribution in [2.24, 2.45) is 17.2 Å². The van der Waals surface area contributed by atoms with E-state index in [4.69, 9.17) is 91.5 Å². The van der Waals surface area contributed by atoms with Gasteiger partial charge in [0.1, 0.15) is 74.1 Å². The van der Waals surface area contributed by atoms with Crippen LogP contribution in [0.5, 0.6) is 51.7 Å². The van der Waals surface area contributed by atoms with E-state index in [1.807, 2.05) is 101 Å². The smallest absolute Gasteiger partial charge is 1.00 e. The van der Waals surface area contributed by atoms with Crippen LogP contribution in [0.1, 0.15) is 155 Å². The topological polar surface area (TPSA) is 323 Å². The number of ether oxygens (including phenoxy) is 10. The number of benzene rings is 3. The van der Waals surface area contributed by atoms with Crippen LogP contribution in [0.25, 0.3) is 0 Å². The number of nitrogens with two attached hydrogens (primary N) is 3. The first-order valence-electron chi connectivity index (χ1n) is 28.7. The van der Waals surface area contributed by atoms with Crippen LogP contribution in [0.15, 0.2) is 54.6 Å². The minimum absolute atomic E-state index is 0. The molecule has 3 rings (SSSR count). The monoisotopic (exact) mass is 1240 g/mol. The van der Waals surface area contributed by atoms with Crippen LogP contribution in [-0.2, 0) is 28.5 Å². The van der Waals surface area contributed by atoms with Gasteiger partial charge in [-0.25, -0.2) is 9.59 Å². The zero-order chi connectivity index (χ0) is 63.6. The maximum atomic E-state index is 11.9. The van der Waals surface area contributed by atoms with E-state index in [0.29, 0.717) is 140 Å². The molecule has 0 fully saturated rings. The molecule has 0 atom stereocenters.